The van der Waals surface area contributed by atoms with Crippen LogP contribution in [-0.4, -0.2) is 13.3 Å². The SMILES string of the molecule is O=[N+]([O-])C1=C(S(=O)(=O)c2ccccc2)CCCC1. The van der Waals surface area contributed by atoms with Crippen LogP contribution in [0.4, 0.5) is 0 Å². The number of hydrogen-bond donors (Lipinski definition) is 0. The van der Waals surface area contributed by atoms with Gasteiger partial charge in [0.25, 0.3) is 5.70 Å². The number of nitrogens with zero attached hydrogens (tertiary/aromatic N) is 1. The maximum atomic E-state index is 12.3. The predicted octanol–water partition coefficient (Wildman–Crippen LogP) is 2.52. The summed E-state index contributed by atoms with van der Waals surface area (Å²) in [7, 11) is -3.72. The van der Waals surface area contributed by atoms with Crippen LogP contribution >= 0.6 is 0 Å². The first-order chi connectivity index (χ1) is 8.53. The Morgan fingerprint density at radius 3 is 2.28 bits per heavy atom. The molecule has 96 valence electrons. The van der Waals surface area contributed by atoms with Crippen LogP contribution in [0.2, 0.25) is 0 Å². The zero-order valence-electron chi connectivity index (χ0n) is 9.70. The van der Waals surface area contributed by atoms with Crippen molar-refractivity contribution >= 4 is 9.84 Å². The van der Waals surface area contributed by atoms with E-state index in [0.29, 0.717) is 12.8 Å². The van der Waals surface area contributed by atoms with E-state index in [1.54, 1.807) is 18.2 Å². The van der Waals surface area contributed by atoms with Crippen LogP contribution in [0.15, 0.2) is 45.8 Å². The van der Waals surface area contributed by atoms with Crippen molar-refractivity contribution in [3.05, 3.63) is 51.0 Å². The second-order valence-electron chi connectivity index (χ2n) is 4.15. The first kappa shape index (κ1) is 12.8. The minimum atomic E-state index is -3.72. The molecule has 0 unspecified atom stereocenters. The molecule has 0 saturated carbocycles. The lowest BCUT2D eigenvalue weighted by Gasteiger charge is -2.14. The lowest BCUT2D eigenvalue weighted by molar-refractivity contribution is -0.429. The fraction of sp³-hybridized carbons (Fsp3) is 0.333. The molecule has 0 aromatic heterocycles. The second kappa shape index (κ2) is 4.89. The molecule has 18 heavy (non-hydrogen) atoms. The molecular weight excluding hydrogens is 254 g/mol. The normalized spacial score (nSPS) is 16.7. The minimum Gasteiger partial charge on any atom is -0.259 e. The van der Waals surface area contributed by atoms with Gasteiger partial charge in [-0.25, -0.2) is 8.42 Å². The van der Waals surface area contributed by atoms with Gasteiger partial charge < -0.3 is 0 Å². The molecule has 1 aromatic rings. The maximum absolute atomic E-state index is 12.3. The molecule has 0 amide bonds. The molecule has 2 rings (SSSR count). The van der Waals surface area contributed by atoms with E-state index in [1.165, 1.54) is 12.1 Å². The van der Waals surface area contributed by atoms with E-state index in [0.717, 1.165) is 0 Å². The molecule has 0 radical (unpaired) electrons. The van der Waals surface area contributed by atoms with Crippen molar-refractivity contribution in [1.82, 2.24) is 0 Å². The van der Waals surface area contributed by atoms with Crippen molar-refractivity contribution in [2.75, 3.05) is 0 Å². The van der Waals surface area contributed by atoms with Gasteiger partial charge in [0, 0.05) is 6.42 Å². The van der Waals surface area contributed by atoms with Gasteiger partial charge in [0.2, 0.25) is 9.84 Å². The van der Waals surface area contributed by atoms with Gasteiger partial charge in [-0.05, 0) is 31.4 Å². The Bertz CT molecular complexity index is 590. The smallest absolute Gasteiger partial charge is 0.259 e. The average Bonchev–Trinajstić information content (AvgIpc) is 2.39. The summed E-state index contributed by atoms with van der Waals surface area (Å²) in [5.41, 5.74) is -0.148. The van der Waals surface area contributed by atoms with E-state index >= 15 is 0 Å². The number of rotatable bonds is 3. The van der Waals surface area contributed by atoms with Gasteiger partial charge in [-0.3, -0.25) is 10.1 Å². The van der Waals surface area contributed by atoms with Crippen LogP contribution in [0.3, 0.4) is 0 Å². The molecule has 1 aromatic carbocycles. The average molecular weight is 267 g/mol. The molecule has 0 N–H and O–H groups in total. The Morgan fingerprint density at radius 1 is 1.06 bits per heavy atom. The van der Waals surface area contributed by atoms with Gasteiger partial charge in [0.15, 0.2) is 0 Å². The Balaban J connectivity index is 2.56. The van der Waals surface area contributed by atoms with Crippen LogP contribution in [-0.2, 0) is 9.84 Å². The van der Waals surface area contributed by atoms with Crippen molar-refractivity contribution < 1.29 is 13.3 Å². The molecule has 0 atom stereocenters. The topological polar surface area (TPSA) is 77.3 Å². The molecule has 1 aliphatic rings. The fourth-order valence-corrected chi connectivity index (χ4v) is 3.79. The number of benzene rings is 1. The molecule has 0 fully saturated rings. The third-order valence-electron chi connectivity index (χ3n) is 2.99. The summed E-state index contributed by atoms with van der Waals surface area (Å²) < 4.78 is 24.7. The van der Waals surface area contributed by atoms with Crippen LogP contribution in [0.1, 0.15) is 25.7 Å². The standard InChI is InChI=1S/C12H13NO4S/c14-13(15)11-8-4-5-9-12(11)18(16,17)10-6-2-1-3-7-10/h1-3,6-7H,4-5,8-9H2. The van der Waals surface area contributed by atoms with Crippen LogP contribution in [0, 0.1) is 10.1 Å². The number of allylic oxidation sites excluding steroid dienone is 2. The lowest BCUT2D eigenvalue weighted by atomic mass is 10.1. The van der Waals surface area contributed by atoms with Crippen molar-refractivity contribution in [3.63, 3.8) is 0 Å². The molecule has 0 bridgehead atoms. The monoisotopic (exact) mass is 267 g/mol. The van der Waals surface area contributed by atoms with Crippen molar-refractivity contribution in [1.29, 1.82) is 0 Å². The molecule has 5 nitrogen and oxygen atoms in total. The maximum Gasteiger partial charge on any atom is 0.261 e. The van der Waals surface area contributed by atoms with E-state index < -0.39 is 14.8 Å². The van der Waals surface area contributed by atoms with Crippen molar-refractivity contribution in [2.45, 2.75) is 30.6 Å². The second-order valence-corrected chi connectivity index (χ2v) is 6.12. The van der Waals surface area contributed by atoms with Gasteiger partial charge in [-0.2, -0.15) is 0 Å². The van der Waals surface area contributed by atoms with Gasteiger partial charge in [-0.15, -0.1) is 0 Å². The lowest BCUT2D eigenvalue weighted by Crippen LogP contribution is -2.15. The predicted molar refractivity (Wildman–Crippen MR) is 66.1 cm³/mol. The van der Waals surface area contributed by atoms with Crippen molar-refractivity contribution in [3.8, 4) is 0 Å². The zero-order chi connectivity index (χ0) is 13.2. The summed E-state index contributed by atoms with van der Waals surface area (Å²) in [5, 5.41) is 10.9. The van der Waals surface area contributed by atoms with E-state index in [1.807, 2.05) is 0 Å². The zero-order valence-corrected chi connectivity index (χ0v) is 10.5. The fourth-order valence-electron chi connectivity index (χ4n) is 2.09. The van der Waals surface area contributed by atoms with Crippen LogP contribution in [0.5, 0.6) is 0 Å². The molecular formula is C12H13NO4S. The first-order valence-electron chi connectivity index (χ1n) is 5.70. The first-order valence-corrected chi connectivity index (χ1v) is 7.18. The number of sulfone groups is 1. The van der Waals surface area contributed by atoms with E-state index in [4.69, 9.17) is 0 Å². The largest absolute Gasteiger partial charge is 0.261 e. The summed E-state index contributed by atoms with van der Waals surface area (Å²) in [6.45, 7) is 0. The molecule has 1 aliphatic carbocycles. The molecule has 0 saturated heterocycles. The minimum absolute atomic E-state index is 0.0232. The molecule has 0 aliphatic heterocycles. The van der Waals surface area contributed by atoms with Gasteiger partial charge in [0.05, 0.1) is 9.82 Å². The highest BCUT2D eigenvalue weighted by Crippen LogP contribution is 2.32. The van der Waals surface area contributed by atoms with Crippen LogP contribution < -0.4 is 0 Å². The Kier molecular flexibility index (Phi) is 3.47. The summed E-state index contributed by atoms with van der Waals surface area (Å²) in [4.78, 5) is 10.5. The van der Waals surface area contributed by atoms with Gasteiger partial charge in [-0.1, -0.05) is 18.2 Å². The highest BCUT2D eigenvalue weighted by atomic mass is 32.2. The third kappa shape index (κ3) is 2.28. The quantitative estimate of drug-likeness (QED) is 0.622. The Labute approximate surface area is 105 Å². The third-order valence-corrected chi connectivity index (χ3v) is 4.97. The molecule has 6 heteroatoms. The Morgan fingerprint density at radius 2 is 1.67 bits per heavy atom. The highest BCUT2D eigenvalue weighted by Gasteiger charge is 2.32. The summed E-state index contributed by atoms with van der Waals surface area (Å²) in [5.74, 6) is 0. The van der Waals surface area contributed by atoms with Crippen molar-refractivity contribution in [2.24, 2.45) is 0 Å². The van der Waals surface area contributed by atoms with E-state index in [-0.39, 0.29) is 28.3 Å². The van der Waals surface area contributed by atoms with Gasteiger partial charge in [0.1, 0.15) is 4.91 Å². The van der Waals surface area contributed by atoms with E-state index in [9.17, 15) is 18.5 Å². The summed E-state index contributed by atoms with van der Waals surface area (Å²) >= 11 is 0. The highest BCUT2D eigenvalue weighted by molar-refractivity contribution is 7.95. The van der Waals surface area contributed by atoms with Gasteiger partial charge >= 0.3 is 0 Å². The van der Waals surface area contributed by atoms with E-state index in [2.05, 4.69) is 0 Å². The summed E-state index contributed by atoms with van der Waals surface area (Å²) in [6.07, 6.45) is 1.84. The molecule has 0 heterocycles. The number of hydrogen-bond acceptors (Lipinski definition) is 4. The molecule has 0 spiro atoms. The summed E-state index contributed by atoms with van der Waals surface area (Å²) in [6, 6.07) is 7.87. The van der Waals surface area contributed by atoms with Crippen LogP contribution in [0.25, 0.3) is 0 Å². The Hall–Kier alpha value is -1.69. The number of nitro groups is 1.